The molecule has 2 atom stereocenters. The van der Waals surface area contributed by atoms with Crippen molar-refractivity contribution < 1.29 is 14.7 Å². The van der Waals surface area contributed by atoms with Gasteiger partial charge in [-0.3, -0.25) is 0 Å². The molecule has 6 heteroatoms. The van der Waals surface area contributed by atoms with E-state index in [4.69, 9.17) is 5.11 Å². The molecule has 2 N–H and O–H groups in total. The lowest BCUT2D eigenvalue weighted by Gasteiger charge is -2.23. The number of hydrogen-bond donors (Lipinski definition) is 2. The van der Waals surface area contributed by atoms with E-state index >= 15 is 0 Å². The van der Waals surface area contributed by atoms with Gasteiger partial charge in [0.15, 0.2) is 0 Å². The first kappa shape index (κ1) is 16.1. The van der Waals surface area contributed by atoms with Gasteiger partial charge in [-0.05, 0) is 43.6 Å². The van der Waals surface area contributed by atoms with Crippen molar-refractivity contribution in [3.63, 3.8) is 0 Å². The van der Waals surface area contributed by atoms with E-state index in [0.717, 1.165) is 38.1 Å². The number of carboxylic acids is 1. The fourth-order valence-electron chi connectivity index (χ4n) is 2.20. The molecule has 1 aliphatic heterocycles. The Balaban J connectivity index is 2.48. The van der Waals surface area contributed by atoms with Crippen molar-refractivity contribution in [3.05, 3.63) is 0 Å². The number of nitrogens with zero attached hydrogens (tertiary/aromatic N) is 1. The van der Waals surface area contributed by atoms with Gasteiger partial charge in [0.1, 0.15) is 6.04 Å². The van der Waals surface area contributed by atoms with Crippen LogP contribution in [0.3, 0.4) is 0 Å². The van der Waals surface area contributed by atoms with Crippen LogP contribution in [0.25, 0.3) is 0 Å². The zero-order valence-corrected chi connectivity index (χ0v) is 12.5. The minimum Gasteiger partial charge on any atom is -0.480 e. The lowest BCUT2D eigenvalue weighted by atomic mass is 10.0. The Hall–Kier alpha value is -0.910. The van der Waals surface area contributed by atoms with Gasteiger partial charge in [0.25, 0.3) is 0 Å². The number of carbonyl (C=O) groups is 2. The molecule has 0 aromatic rings. The summed E-state index contributed by atoms with van der Waals surface area (Å²) in [5.41, 5.74) is 0. The van der Waals surface area contributed by atoms with Gasteiger partial charge in [-0.2, -0.15) is 11.8 Å². The van der Waals surface area contributed by atoms with Crippen LogP contribution in [0.15, 0.2) is 0 Å². The first-order valence-corrected chi connectivity index (χ1v) is 8.21. The van der Waals surface area contributed by atoms with Crippen LogP contribution in [0, 0.1) is 5.92 Å². The Morgan fingerprint density at radius 3 is 2.79 bits per heavy atom. The highest BCUT2D eigenvalue weighted by molar-refractivity contribution is 7.98. The first-order valence-electron chi connectivity index (χ1n) is 6.81. The average Bonchev–Trinajstić information content (AvgIpc) is 2.58. The minimum atomic E-state index is -0.953. The molecule has 2 unspecified atom stereocenters. The monoisotopic (exact) mass is 288 g/mol. The molecule has 1 fully saturated rings. The van der Waals surface area contributed by atoms with E-state index in [1.54, 1.807) is 16.7 Å². The second-order valence-electron chi connectivity index (χ2n) is 5.14. The maximum Gasteiger partial charge on any atom is 0.326 e. The van der Waals surface area contributed by atoms with Gasteiger partial charge in [0.05, 0.1) is 0 Å². The van der Waals surface area contributed by atoms with Gasteiger partial charge >= 0.3 is 12.0 Å². The third-order valence-corrected chi connectivity index (χ3v) is 4.15. The van der Waals surface area contributed by atoms with E-state index in [2.05, 4.69) is 12.2 Å². The molecule has 110 valence electrons. The second kappa shape index (κ2) is 8.30. The molecule has 0 spiro atoms. The number of aliphatic carboxylic acids is 1. The molecule has 5 nitrogen and oxygen atoms in total. The van der Waals surface area contributed by atoms with E-state index in [1.165, 1.54) is 0 Å². The quantitative estimate of drug-likeness (QED) is 0.812. The van der Waals surface area contributed by atoms with Crippen molar-refractivity contribution in [2.45, 2.75) is 38.6 Å². The molecule has 1 heterocycles. The van der Waals surface area contributed by atoms with Crippen LogP contribution in [-0.2, 0) is 4.79 Å². The lowest BCUT2D eigenvalue weighted by Crippen LogP contribution is -2.48. The average molecular weight is 288 g/mol. The number of nitrogens with one attached hydrogen (secondary N) is 1. The summed E-state index contributed by atoms with van der Waals surface area (Å²) in [5, 5.41) is 11.7. The zero-order valence-electron chi connectivity index (χ0n) is 11.7. The highest BCUT2D eigenvalue weighted by atomic mass is 32.2. The lowest BCUT2D eigenvalue weighted by molar-refractivity contribution is -0.139. The van der Waals surface area contributed by atoms with Gasteiger partial charge in [0, 0.05) is 13.1 Å². The molecule has 0 saturated carbocycles. The summed E-state index contributed by atoms with van der Waals surface area (Å²) in [7, 11) is 0. The SMILES string of the molecule is CSCCC(NC(=O)N1CCCC(C)CC1)C(=O)O. The Kier molecular flexibility index (Phi) is 7.05. The van der Waals surface area contributed by atoms with Crippen LogP contribution in [0.5, 0.6) is 0 Å². The predicted molar refractivity (Wildman–Crippen MR) is 77.5 cm³/mol. The third kappa shape index (κ3) is 5.72. The van der Waals surface area contributed by atoms with Crippen LogP contribution in [0.4, 0.5) is 4.79 Å². The normalized spacial score (nSPS) is 21.6. The molecule has 0 aliphatic carbocycles. The summed E-state index contributed by atoms with van der Waals surface area (Å²) in [5.74, 6) is 0.420. The van der Waals surface area contributed by atoms with Crippen molar-refractivity contribution in [1.82, 2.24) is 10.2 Å². The fourth-order valence-corrected chi connectivity index (χ4v) is 2.67. The zero-order chi connectivity index (χ0) is 14.3. The Bertz CT molecular complexity index is 312. The number of likely N-dealkylation sites (tertiary alicyclic amines) is 1. The maximum absolute atomic E-state index is 12.1. The van der Waals surface area contributed by atoms with Crippen LogP contribution in [0.1, 0.15) is 32.6 Å². The number of urea groups is 1. The number of thioether (sulfide) groups is 1. The van der Waals surface area contributed by atoms with Crippen molar-refractivity contribution in [2.75, 3.05) is 25.1 Å². The molecule has 1 rings (SSSR count). The van der Waals surface area contributed by atoms with Gasteiger partial charge in [-0.25, -0.2) is 9.59 Å². The maximum atomic E-state index is 12.1. The van der Waals surface area contributed by atoms with Crippen LogP contribution < -0.4 is 5.32 Å². The molecular formula is C13H24N2O3S. The minimum absolute atomic E-state index is 0.234. The molecule has 0 radical (unpaired) electrons. The number of carbonyl (C=O) groups excluding carboxylic acids is 1. The van der Waals surface area contributed by atoms with E-state index in [0.29, 0.717) is 12.3 Å². The highest BCUT2D eigenvalue weighted by Gasteiger charge is 2.24. The molecule has 0 aromatic carbocycles. The van der Waals surface area contributed by atoms with Crippen molar-refractivity contribution in [1.29, 1.82) is 0 Å². The van der Waals surface area contributed by atoms with Crippen molar-refractivity contribution in [2.24, 2.45) is 5.92 Å². The Labute approximate surface area is 119 Å². The predicted octanol–water partition coefficient (Wildman–Crippen LogP) is 2.02. The highest BCUT2D eigenvalue weighted by Crippen LogP contribution is 2.16. The summed E-state index contributed by atoms with van der Waals surface area (Å²) >= 11 is 1.59. The van der Waals surface area contributed by atoms with E-state index in [9.17, 15) is 9.59 Å². The Morgan fingerprint density at radius 1 is 1.42 bits per heavy atom. The largest absolute Gasteiger partial charge is 0.480 e. The molecule has 1 aliphatic rings. The molecule has 0 aromatic heterocycles. The summed E-state index contributed by atoms with van der Waals surface area (Å²) in [6, 6.07) is -1.01. The number of carboxylic acid groups (broad SMARTS) is 1. The fraction of sp³-hybridized carbons (Fsp3) is 0.846. The number of rotatable bonds is 5. The van der Waals surface area contributed by atoms with Gasteiger partial charge in [-0.15, -0.1) is 0 Å². The second-order valence-corrected chi connectivity index (χ2v) is 6.13. The summed E-state index contributed by atoms with van der Waals surface area (Å²) < 4.78 is 0. The number of amides is 2. The molecule has 1 saturated heterocycles. The topological polar surface area (TPSA) is 69.6 Å². The standard InChI is InChI=1S/C13H24N2O3S/c1-10-4-3-7-15(8-5-10)13(18)14-11(12(16)17)6-9-19-2/h10-11H,3-9H2,1-2H3,(H,14,18)(H,16,17). The van der Waals surface area contributed by atoms with Crippen LogP contribution >= 0.6 is 11.8 Å². The van der Waals surface area contributed by atoms with Crippen LogP contribution in [0.2, 0.25) is 0 Å². The van der Waals surface area contributed by atoms with Gasteiger partial charge < -0.3 is 15.3 Å². The van der Waals surface area contributed by atoms with Gasteiger partial charge in [0.2, 0.25) is 0 Å². The molecule has 0 bridgehead atoms. The Morgan fingerprint density at radius 2 is 2.16 bits per heavy atom. The van der Waals surface area contributed by atoms with Crippen molar-refractivity contribution >= 4 is 23.8 Å². The molecule has 2 amide bonds. The summed E-state index contributed by atoms with van der Waals surface area (Å²) in [6.07, 6.45) is 5.52. The van der Waals surface area contributed by atoms with Crippen molar-refractivity contribution in [3.8, 4) is 0 Å². The van der Waals surface area contributed by atoms with E-state index in [-0.39, 0.29) is 6.03 Å². The first-order chi connectivity index (χ1) is 9.04. The number of hydrogen-bond acceptors (Lipinski definition) is 3. The van der Waals surface area contributed by atoms with E-state index < -0.39 is 12.0 Å². The van der Waals surface area contributed by atoms with E-state index in [1.807, 2.05) is 6.26 Å². The van der Waals surface area contributed by atoms with Gasteiger partial charge in [-0.1, -0.05) is 6.92 Å². The third-order valence-electron chi connectivity index (χ3n) is 3.51. The summed E-state index contributed by atoms with van der Waals surface area (Å²) in [6.45, 7) is 3.65. The summed E-state index contributed by atoms with van der Waals surface area (Å²) in [4.78, 5) is 24.9. The molecular weight excluding hydrogens is 264 g/mol. The van der Waals surface area contributed by atoms with Crippen LogP contribution in [-0.4, -0.2) is 53.1 Å². The molecule has 19 heavy (non-hydrogen) atoms. The smallest absolute Gasteiger partial charge is 0.326 e.